The second kappa shape index (κ2) is 5.50. The van der Waals surface area contributed by atoms with Gasteiger partial charge in [0.15, 0.2) is 0 Å². The van der Waals surface area contributed by atoms with Gasteiger partial charge < -0.3 is 5.32 Å². The first-order valence-corrected chi connectivity index (χ1v) is 5.97. The topological polar surface area (TPSA) is 63.6 Å². The molecule has 0 aliphatic rings. The van der Waals surface area contributed by atoms with Crippen molar-refractivity contribution in [2.75, 3.05) is 5.32 Å². The third kappa shape index (κ3) is 2.96. The Hall–Kier alpha value is -1.56. The summed E-state index contributed by atoms with van der Waals surface area (Å²) in [5.41, 5.74) is 0.947. The molecule has 0 saturated heterocycles. The fourth-order valence-corrected chi connectivity index (χ4v) is 1.85. The highest BCUT2D eigenvalue weighted by molar-refractivity contribution is 7.09. The fraction of sp³-hybridized carbons (Fsp3) is 0.400. The number of rotatable bonds is 5. The zero-order valence-corrected chi connectivity index (χ0v) is 9.87. The largest absolute Gasteiger partial charge is 0.355 e. The summed E-state index contributed by atoms with van der Waals surface area (Å²) < 4.78 is 4.25. The van der Waals surface area contributed by atoms with E-state index in [2.05, 4.69) is 31.6 Å². The summed E-state index contributed by atoms with van der Waals surface area (Å²) >= 11 is 1.39. The van der Waals surface area contributed by atoms with Crippen LogP contribution in [0.3, 0.4) is 0 Å². The Bertz CT molecular complexity index is 428. The second-order valence-electron chi connectivity index (χ2n) is 3.32. The molecule has 2 heterocycles. The van der Waals surface area contributed by atoms with E-state index in [0.717, 1.165) is 29.5 Å². The molecule has 5 nitrogen and oxygen atoms in total. The zero-order valence-electron chi connectivity index (χ0n) is 9.05. The van der Waals surface area contributed by atoms with Crippen molar-refractivity contribution < 1.29 is 0 Å². The Labute approximate surface area is 98.2 Å². The van der Waals surface area contributed by atoms with Crippen LogP contribution in [0.4, 0.5) is 5.13 Å². The SMILES string of the molecule is CCCc1nsc(NCc2ccncn2)n1. The van der Waals surface area contributed by atoms with Crippen molar-refractivity contribution in [3.63, 3.8) is 0 Å². The van der Waals surface area contributed by atoms with Gasteiger partial charge in [0, 0.05) is 24.2 Å². The average Bonchev–Trinajstić information content (AvgIpc) is 2.76. The van der Waals surface area contributed by atoms with E-state index >= 15 is 0 Å². The standard InChI is InChI=1S/C10H13N5S/c1-2-3-9-14-10(16-15-9)12-6-8-4-5-11-7-13-8/h4-5,7H,2-3,6H2,1H3,(H,12,14,15). The van der Waals surface area contributed by atoms with Gasteiger partial charge in [-0.25, -0.2) is 15.0 Å². The number of anilines is 1. The lowest BCUT2D eigenvalue weighted by molar-refractivity contribution is 0.860. The Morgan fingerprint density at radius 2 is 2.38 bits per heavy atom. The zero-order chi connectivity index (χ0) is 11.2. The molecule has 0 unspecified atom stereocenters. The van der Waals surface area contributed by atoms with Crippen LogP contribution in [0.1, 0.15) is 24.9 Å². The summed E-state index contributed by atoms with van der Waals surface area (Å²) in [4.78, 5) is 12.4. The maximum atomic E-state index is 4.37. The summed E-state index contributed by atoms with van der Waals surface area (Å²) in [6, 6.07) is 1.88. The van der Waals surface area contributed by atoms with Gasteiger partial charge in [0.25, 0.3) is 0 Å². The van der Waals surface area contributed by atoms with Gasteiger partial charge in [-0.05, 0) is 12.5 Å². The molecule has 2 aromatic heterocycles. The molecular formula is C10H13N5S. The molecule has 0 aliphatic carbocycles. The van der Waals surface area contributed by atoms with Crippen LogP contribution in [0.25, 0.3) is 0 Å². The van der Waals surface area contributed by atoms with E-state index < -0.39 is 0 Å². The van der Waals surface area contributed by atoms with Gasteiger partial charge in [0.05, 0.1) is 12.2 Å². The van der Waals surface area contributed by atoms with Crippen LogP contribution in [0.2, 0.25) is 0 Å². The number of hydrogen-bond donors (Lipinski definition) is 1. The van der Waals surface area contributed by atoms with E-state index in [1.165, 1.54) is 11.5 Å². The number of nitrogens with one attached hydrogen (secondary N) is 1. The molecule has 84 valence electrons. The van der Waals surface area contributed by atoms with Crippen LogP contribution in [0.15, 0.2) is 18.6 Å². The predicted octanol–water partition coefficient (Wildman–Crippen LogP) is 1.89. The minimum atomic E-state index is 0.656. The molecule has 0 aliphatic heterocycles. The predicted molar refractivity (Wildman–Crippen MR) is 63.3 cm³/mol. The summed E-state index contributed by atoms with van der Waals surface area (Å²) in [5, 5.41) is 4.04. The van der Waals surface area contributed by atoms with Crippen LogP contribution >= 0.6 is 11.5 Å². The summed E-state index contributed by atoms with van der Waals surface area (Å²) in [5.74, 6) is 0.915. The van der Waals surface area contributed by atoms with Crippen molar-refractivity contribution in [3.05, 3.63) is 30.1 Å². The number of aromatic nitrogens is 4. The molecule has 16 heavy (non-hydrogen) atoms. The highest BCUT2D eigenvalue weighted by atomic mass is 32.1. The highest BCUT2D eigenvalue weighted by Crippen LogP contribution is 2.12. The van der Waals surface area contributed by atoms with E-state index in [-0.39, 0.29) is 0 Å². The summed E-state index contributed by atoms with van der Waals surface area (Å²) in [6.07, 6.45) is 5.28. The van der Waals surface area contributed by atoms with Crippen LogP contribution in [-0.2, 0) is 13.0 Å². The maximum absolute atomic E-state index is 4.37. The Morgan fingerprint density at radius 1 is 1.44 bits per heavy atom. The molecule has 2 aromatic rings. The quantitative estimate of drug-likeness (QED) is 0.857. The van der Waals surface area contributed by atoms with Crippen LogP contribution < -0.4 is 5.32 Å². The minimum absolute atomic E-state index is 0.656. The van der Waals surface area contributed by atoms with Crippen LogP contribution in [0.5, 0.6) is 0 Å². The van der Waals surface area contributed by atoms with Crippen molar-refractivity contribution in [2.24, 2.45) is 0 Å². The first-order chi connectivity index (χ1) is 7.88. The van der Waals surface area contributed by atoms with Gasteiger partial charge in [0.1, 0.15) is 12.2 Å². The van der Waals surface area contributed by atoms with Gasteiger partial charge >= 0.3 is 0 Å². The van der Waals surface area contributed by atoms with Crippen LogP contribution in [0, 0.1) is 0 Å². The fourth-order valence-electron chi connectivity index (χ4n) is 1.24. The lowest BCUT2D eigenvalue weighted by Crippen LogP contribution is -2.01. The van der Waals surface area contributed by atoms with E-state index in [4.69, 9.17) is 0 Å². The second-order valence-corrected chi connectivity index (χ2v) is 4.07. The highest BCUT2D eigenvalue weighted by Gasteiger charge is 2.02. The van der Waals surface area contributed by atoms with Gasteiger partial charge in [-0.1, -0.05) is 6.92 Å². The smallest absolute Gasteiger partial charge is 0.202 e. The van der Waals surface area contributed by atoms with Crippen molar-refractivity contribution in [3.8, 4) is 0 Å². The van der Waals surface area contributed by atoms with Gasteiger partial charge in [-0.2, -0.15) is 4.37 Å². The Balaban J connectivity index is 1.89. The van der Waals surface area contributed by atoms with E-state index in [1.807, 2.05) is 6.07 Å². The lowest BCUT2D eigenvalue weighted by atomic mass is 10.3. The maximum Gasteiger partial charge on any atom is 0.202 e. The van der Waals surface area contributed by atoms with Gasteiger partial charge in [-0.15, -0.1) is 0 Å². The van der Waals surface area contributed by atoms with E-state index in [1.54, 1.807) is 12.5 Å². The van der Waals surface area contributed by atoms with Gasteiger partial charge in [-0.3, -0.25) is 0 Å². The third-order valence-corrected chi connectivity index (χ3v) is 2.72. The van der Waals surface area contributed by atoms with Crippen molar-refractivity contribution in [2.45, 2.75) is 26.3 Å². The summed E-state index contributed by atoms with van der Waals surface area (Å²) in [7, 11) is 0. The monoisotopic (exact) mass is 235 g/mol. The lowest BCUT2D eigenvalue weighted by Gasteiger charge is -1.99. The third-order valence-electron chi connectivity index (χ3n) is 2.01. The van der Waals surface area contributed by atoms with Crippen molar-refractivity contribution in [1.29, 1.82) is 0 Å². The molecule has 0 saturated carbocycles. The average molecular weight is 235 g/mol. The first-order valence-electron chi connectivity index (χ1n) is 5.20. The number of nitrogens with zero attached hydrogens (tertiary/aromatic N) is 4. The number of aryl methyl sites for hydroxylation is 1. The number of hydrogen-bond acceptors (Lipinski definition) is 6. The molecular weight excluding hydrogens is 222 g/mol. The molecule has 0 atom stereocenters. The van der Waals surface area contributed by atoms with E-state index in [9.17, 15) is 0 Å². The molecule has 0 spiro atoms. The Morgan fingerprint density at radius 3 is 3.12 bits per heavy atom. The Kier molecular flexibility index (Phi) is 3.76. The minimum Gasteiger partial charge on any atom is -0.355 e. The van der Waals surface area contributed by atoms with Gasteiger partial charge in [0.2, 0.25) is 5.13 Å². The van der Waals surface area contributed by atoms with Crippen molar-refractivity contribution in [1.82, 2.24) is 19.3 Å². The molecule has 0 radical (unpaired) electrons. The normalized spacial score (nSPS) is 10.3. The molecule has 1 N–H and O–H groups in total. The van der Waals surface area contributed by atoms with E-state index in [0.29, 0.717) is 6.54 Å². The van der Waals surface area contributed by atoms with Crippen LogP contribution in [-0.4, -0.2) is 19.3 Å². The molecule has 2 rings (SSSR count). The molecule has 0 fully saturated rings. The molecule has 0 aromatic carbocycles. The molecule has 6 heteroatoms. The van der Waals surface area contributed by atoms with Crippen molar-refractivity contribution >= 4 is 16.7 Å². The summed E-state index contributed by atoms with van der Waals surface area (Å²) in [6.45, 7) is 2.78. The molecule has 0 amide bonds. The molecule has 0 bridgehead atoms. The first kappa shape index (κ1) is 10.9.